The fourth-order valence-electron chi connectivity index (χ4n) is 1.30. The summed E-state index contributed by atoms with van der Waals surface area (Å²) in [5.41, 5.74) is -0.0323. The molecular weight excluding hydrogens is 265 g/mol. The fourth-order valence-corrected chi connectivity index (χ4v) is 2.34. The summed E-state index contributed by atoms with van der Waals surface area (Å²) in [7, 11) is 0. The number of halogens is 3. The second-order valence-electron chi connectivity index (χ2n) is 5.10. The number of rotatable bonds is 4. The summed E-state index contributed by atoms with van der Waals surface area (Å²) in [5.74, 6) is 0. The Morgan fingerprint density at radius 2 is 1.89 bits per heavy atom. The molecule has 0 amide bonds. The zero-order valence-corrected chi connectivity index (χ0v) is 11.4. The van der Waals surface area contributed by atoms with Gasteiger partial charge in [-0.3, -0.25) is 0 Å². The van der Waals surface area contributed by atoms with E-state index in [-0.39, 0.29) is 12.0 Å². The molecule has 2 nitrogen and oxygen atoms in total. The third kappa shape index (κ3) is 4.96. The Labute approximate surface area is 108 Å². The first-order valence-electron chi connectivity index (χ1n) is 5.52. The SMILES string of the molecule is CC(C)(C)c1ccc(C(O)COCC(F)(F)F)s1. The van der Waals surface area contributed by atoms with Crippen LogP contribution in [0.2, 0.25) is 0 Å². The van der Waals surface area contributed by atoms with Gasteiger partial charge in [0.1, 0.15) is 12.7 Å². The van der Waals surface area contributed by atoms with Crippen molar-refractivity contribution in [1.29, 1.82) is 0 Å². The lowest BCUT2D eigenvalue weighted by Gasteiger charge is -2.16. The van der Waals surface area contributed by atoms with Crippen molar-refractivity contribution in [3.8, 4) is 0 Å². The first kappa shape index (κ1) is 15.5. The van der Waals surface area contributed by atoms with E-state index in [0.717, 1.165) is 4.88 Å². The maximum absolute atomic E-state index is 11.9. The van der Waals surface area contributed by atoms with Crippen molar-refractivity contribution in [3.63, 3.8) is 0 Å². The minimum Gasteiger partial charge on any atom is -0.385 e. The van der Waals surface area contributed by atoms with Gasteiger partial charge in [-0.1, -0.05) is 20.8 Å². The predicted octanol–water partition coefficient (Wildman–Crippen LogP) is 3.66. The highest BCUT2D eigenvalue weighted by atomic mass is 32.1. The summed E-state index contributed by atoms with van der Waals surface area (Å²) in [5, 5.41) is 9.71. The van der Waals surface area contributed by atoms with Gasteiger partial charge in [-0.05, 0) is 17.5 Å². The van der Waals surface area contributed by atoms with Crippen LogP contribution in [0.25, 0.3) is 0 Å². The quantitative estimate of drug-likeness (QED) is 0.913. The summed E-state index contributed by atoms with van der Waals surface area (Å²) >= 11 is 1.39. The smallest absolute Gasteiger partial charge is 0.385 e. The number of thiophene rings is 1. The molecule has 0 saturated heterocycles. The number of alkyl halides is 3. The fraction of sp³-hybridized carbons (Fsp3) is 0.667. The van der Waals surface area contributed by atoms with Crippen LogP contribution in [-0.2, 0) is 10.2 Å². The molecule has 1 N–H and O–H groups in total. The van der Waals surface area contributed by atoms with Crippen LogP contribution in [0.3, 0.4) is 0 Å². The largest absolute Gasteiger partial charge is 0.411 e. The third-order valence-electron chi connectivity index (χ3n) is 2.24. The molecule has 0 saturated carbocycles. The van der Waals surface area contributed by atoms with Gasteiger partial charge in [0.05, 0.1) is 6.61 Å². The molecule has 0 aliphatic heterocycles. The second-order valence-corrected chi connectivity index (χ2v) is 6.21. The highest BCUT2D eigenvalue weighted by molar-refractivity contribution is 7.12. The van der Waals surface area contributed by atoms with Gasteiger partial charge in [0.15, 0.2) is 0 Å². The van der Waals surface area contributed by atoms with E-state index >= 15 is 0 Å². The van der Waals surface area contributed by atoms with E-state index in [4.69, 9.17) is 0 Å². The topological polar surface area (TPSA) is 29.5 Å². The zero-order chi connectivity index (χ0) is 14.0. The van der Waals surface area contributed by atoms with Crippen LogP contribution >= 0.6 is 11.3 Å². The Hall–Kier alpha value is -0.590. The second kappa shape index (κ2) is 5.59. The highest BCUT2D eigenvalue weighted by Gasteiger charge is 2.28. The van der Waals surface area contributed by atoms with Crippen LogP contribution in [-0.4, -0.2) is 24.5 Å². The molecule has 0 bridgehead atoms. The zero-order valence-electron chi connectivity index (χ0n) is 10.5. The molecule has 104 valence electrons. The van der Waals surface area contributed by atoms with Crippen molar-refractivity contribution in [1.82, 2.24) is 0 Å². The van der Waals surface area contributed by atoms with Crippen LogP contribution in [0.15, 0.2) is 12.1 Å². The van der Waals surface area contributed by atoms with Gasteiger partial charge in [0, 0.05) is 9.75 Å². The molecule has 1 atom stereocenters. The average Bonchev–Trinajstić information content (AvgIpc) is 2.62. The summed E-state index contributed by atoms with van der Waals surface area (Å²) in [6.45, 7) is 4.44. The van der Waals surface area contributed by atoms with E-state index < -0.39 is 18.9 Å². The monoisotopic (exact) mass is 282 g/mol. The van der Waals surface area contributed by atoms with Gasteiger partial charge in [0.25, 0.3) is 0 Å². The van der Waals surface area contributed by atoms with E-state index in [1.54, 1.807) is 6.07 Å². The molecule has 1 aromatic heterocycles. The third-order valence-corrected chi connectivity index (χ3v) is 3.85. The van der Waals surface area contributed by atoms with E-state index in [9.17, 15) is 18.3 Å². The van der Waals surface area contributed by atoms with Crippen LogP contribution < -0.4 is 0 Å². The molecule has 0 radical (unpaired) electrons. The molecule has 1 heterocycles. The summed E-state index contributed by atoms with van der Waals surface area (Å²) in [4.78, 5) is 1.70. The molecule has 0 fully saturated rings. The number of aliphatic hydroxyl groups is 1. The van der Waals surface area contributed by atoms with Gasteiger partial charge in [-0.2, -0.15) is 13.2 Å². The Kier molecular flexibility index (Phi) is 4.80. The standard InChI is InChI=1S/C12H17F3O2S/c1-11(2,3)10-5-4-9(18-10)8(16)6-17-7-12(13,14)15/h4-5,8,16H,6-7H2,1-3H3. The molecule has 18 heavy (non-hydrogen) atoms. The Balaban J connectivity index is 2.52. The normalized spacial score (nSPS) is 14.8. The van der Waals surface area contributed by atoms with Crippen LogP contribution in [0, 0.1) is 0 Å². The molecule has 0 aliphatic rings. The van der Waals surface area contributed by atoms with Crippen molar-refractivity contribution in [2.75, 3.05) is 13.2 Å². The molecule has 6 heteroatoms. The molecule has 1 rings (SSSR count). The number of aliphatic hydroxyl groups excluding tert-OH is 1. The predicted molar refractivity (Wildman–Crippen MR) is 64.9 cm³/mol. The number of hydrogen-bond donors (Lipinski definition) is 1. The van der Waals surface area contributed by atoms with E-state index in [1.165, 1.54) is 11.3 Å². The molecule has 0 spiro atoms. The van der Waals surface area contributed by atoms with Crippen molar-refractivity contribution in [2.24, 2.45) is 0 Å². The molecular formula is C12H17F3O2S. The van der Waals surface area contributed by atoms with E-state index in [2.05, 4.69) is 4.74 Å². The van der Waals surface area contributed by atoms with Gasteiger partial charge >= 0.3 is 6.18 Å². The van der Waals surface area contributed by atoms with Gasteiger partial charge in [-0.25, -0.2) is 0 Å². The van der Waals surface area contributed by atoms with Gasteiger partial charge in [-0.15, -0.1) is 11.3 Å². The van der Waals surface area contributed by atoms with Gasteiger partial charge < -0.3 is 9.84 Å². The Morgan fingerprint density at radius 3 is 2.33 bits per heavy atom. The van der Waals surface area contributed by atoms with Gasteiger partial charge in [0.2, 0.25) is 0 Å². The Morgan fingerprint density at radius 1 is 1.28 bits per heavy atom. The maximum atomic E-state index is 11.9. The Bertz CT molecular complexity index is 379. The highest BCUT2D eigenvalue weighted by Crippen LogP contribution is 2.32. The lowest BCUT2D eigenvalue weighted by molar-refractivity contribution is -0.179. The lowest BCUT2D eigenvalue weighted by atomic mass is 9.95. The van der Waals surface area contributed by atoms with Crippen LogP contribution in [0.4, 0.5) is 13.2 Å². The van der Waals surface area contributed by atoms with Crippen molar-refractivity contribution in [3.05, 3.63) is 21.9 Å². The molecule has 1 unspecified atom stereocenters. The van der Waals surface area contributed by atoms with E-state index in [1.807, 2.05) is 26.8 Å². The molecule has 0 aromatic carbocycles. The summed E-state index contributed by atoms with van der Waals surface area (Å²) in [6, 6.07) is 3.61. The first-order chi connectivity index (χ1) is 8.09. The van der Waals surface area contributed by atoms with Crippen LogP contribution in [0.5, 0.6) is 0 Å². The van der Waals surface area contributed by atoms with E-state index in [0.29, 0.717) is 4.88 Å². The summed E-state index contributed by atoms with van der Waals surface area (Å²) < 4.78 is 40.0. The minimum absolute atomic E-state index is 0.0323. The van der Waals surface area contributed by atoms with Crippen molar-refractivity contribution < 1.29 is 23.0 Å². The lowest BCUT2D eigenvalue weighted by Crippen LogP contribution is -2.19. The molecule has 0 aliphatic carbocycles. The summed E-state index contributed by atoms with van der Waals surface area (Å²) in [6.07, 6.45) is -5.36. The number of ether oxygens (including phenoxy) is 1. The minimum atomic E-state index is -4.36. The number of hydrogen-bond acceptors (Lipinski definition) is 3. The van der Waals surface area contributed by atoms with Crippen LogP contribution in [0.1, 0.15) is 36.6 Å². The maximum Gasteiger partial charge on any atom is 0.411 e. The first-order valence-corrected chi connectivity index (χ1v) is 6.34. The average molecular weight is 282 g/mol. The molecule has 1 aromatic rings. The van der Waals surface area contributed by atoms with Crippen molar-refractivity contribution >= 4 is 11.3 Å². The van der Waals surface area contributed by atoms with Crippen molar-refractivity contribution in [2.45, 2.75) is 38.5 Å².